The van der Waals surface area contributed by atoms with Gasteiger partial charge in [0.15, 0.2) is 0 Å². The third-order valence-electron chi connectivity index (χ3n) is 3.66. The quantitative estimate of drug-likeness (QED) is 0.674. The van der Waals surface area contributed by atoms with E-state index in [0.29, 0.717) is 0 Å². The summed E-state index contributed by atoms with van der Waals surface area (Å²) in [6.45, 7) is 10.6. The lowest BCUT2D eigenvalue weighted by Crippen LogP contribution is -2.56. The van der Waals surface area contributed by atoms with Crippen molar-refractivity contribution in [2.45, 2.75) is 58.5 Å². The van der Waals surface area contributed by atoms with Gasteiger partial charge in [-0.1, -0.05) is 27.2 Å². The second-order valence-electron chi connectivity index (χ2n) is 5.00. The van der Waals surface area contributed by atoms with Crippen LogP contribution < -0.4 is 5.32 Å². The lowest BCUT2D eigenvalue weighted by Gasteiger charge is -2.40. The molecule has 0 amide bonds. The summed E-state index contributed by atoms with van der Waals surface area (Å²) in [5.74, 6) is 2.59. The van der Waals surface area contributed by atoms with Crippen LogP contribution >= 0.6 is 11.8 Å². The number of piperazine rings is 1. The van der Waals surface area contributed by atoms with Crippen LogP contribution in [0.3, 0.4) is 0 Å². The smallest absolute Gasteiger partial charge is 0.0218 e. The zero-order chi connectivity index (χ0) is 12.5. The number of thioether (sulfide) groups is 1. The molecule has 0 aromatic carbocycles. The van der Waals surface area contributed by atoms with Crippen LogP contribution in [0, 0.1) is 0 Å². The van der Waals surface area contributed by atoms with Gasteiger partial charge in [0.25, 0.3) is 0 Å². The second-order valence-corrected chi connectivity index (χ2v) is 6.40. The summed E-state index contributed by atoms with van der Waals surface area (Å²) in [7, 11) is 0. The van der Waals surface area contributed by atoms with Crippen molar-refractivity contribution in [2.24, 2.45) is 0 Å². The third-order valence-corrected chi connectivity index (χ3v) is 4.65. The molecule has 2 nitrogen and oxygen atoms in total. The molecule has 0 bridgehead atoms. The van der Waals surface area contributed by atoms with Crippen LogP contribution in [0.1, 0.15) is 46.5 Å². The summed E-state index contributed by atoms with van der Waals surface area (Å²) in [5, 5.41) is 3.71. The van der Waals surface area contributed by atoms with Crippen LogP contribution in [-0.4, -0.2) is 48.1 Å². The number of nitrogens with zero attached hydrogens (tertiary/aromatic N) is 1. The molecule has 0 aliphatic carbocycles. The zero-order valence-electron chi connectivity index (χ0n) is 11.9. The summed E-state index contributed by atoms with van der Waals surface area (Å²) < 4.78 is 0. The average Bonchev–Trinajstić information content (AvgIpc) is 2.35. The van der Waals surface area contributed by atoms with Crippen molar-refractivity contribution in [3.05, 3.63) is 0 Å². The first-order chi connectivity index (χ1) is 8.31. The predicted octanol–water partition coefficient (Wildman–Crippen LogP) is 2.98. The Hall–Kier alpha value is 0.270. The summed E-state index contributed by atoms with van der Waals surface area (Å²) in [6.07, 6.45) is 5.27. The third kappa shape index (κ3) is 5.62. The SMILES string of the molecule is CCCC1CN(CCCSCC)C(CC)CN1. The highest BCUT2D eigenvalue weighted by atomic mass is 32.2. The maximum absolute atomic E-state index is 3.71. The van der Waals surface area contributed by atoms with Gasteiger partial charge in [-0.25, -0.2) is 0 Å². The Morgan fingerprint density at radius 1 is 1.29 bits per heavy atom. The number of hydrogen-bond acceptors (Lipinski definition) is 3. The Balaban J connectivity index is 2.29. The van der Waals surface area contributed by atoms with E-state index in [2.05, 4.69) is 42.7 Å². The van der Waals surface area contributed by atoms with Gasteiger partial charge in [-0.3, -0.25) is 4.90 Å². The molecule has 1 saturated heterocycles. The molecule has 1 fully saturated rings. The first-order valence-electron chi connectivity index (χ1n) is 7.36. The van der Waals surface area contributed by atoms with Crippen molar-refractivity contribution in [2.75, 3.05) is 31.1 Å². The molecule has 2 unspecified atom stereocenters. The number of nitrogens with one attached hydrogen (secondary N) is 1. The topological polar surface area (TPSA) is 15.3 Å². The van der Waals surface area contributed by atoms with E-state index in [4.69, 9.17) is 0 Å². The minimum Gasteiger partial charge on any atom is -0.311 e. The van der Waals surface area contributed by atoms with E-state index in [9.17, 15) is 0 Å². The highest BCUT2D eigenvalue weighted by Crippen LogP contribution is 2.14. The first-order valence-corrected chi connectivity index (χ1v) is 8.52. The lowest BCUT2D eigenvalue weighted by atomic mass is 10.0. The van der Waals surface area contributed by atoms with E-state index >= 15 is 0 Å². The van der Waals surface area contributed by atoms with E-state index in [0.717, 1.165) is 12.1 Å². The summed E-state index contributed by atoms with van der Waals surface area (Å²) in [6, 6.07) is 1.51. The average molecular weight is 258 g/mol. The minimum atomic E-state index is 0.738. The largest absolute Gasteiger partial charge is 0.311 e. The van der Waals surface area contributed by atoms with E-state index in [1.807, 2.05) is 0 Å². The Labute approximate surface area is 112 Å². The monoisotopic (exact) mass is 258 g/mol. The van der Waals surface area contributed by atoms with Gasteiger partial charge in [-0.2, -0.15) is 11.8 Å². The molecule has 1 N–H and O–H groups in total. The van der Waals surface area contributed by atoms with Crippen LogP contribution in [-0.2, 0) is 0 Å². The summed E-state index contributed by atoms with van der Waals surface area (Å²) in [4.78, 5) is 2.73. The van der Waals surface area contributed by atoms with E-state index in [1.54, 1.807) is 0 Å². The Morgan fingerprint density at radius 2 is 2.12 bits per heavy atom. The van der Waals surface area contributed by atoms with Gasteiger partial charge in [0.1, 0.15) is 0 Å². The van der Waals surface area contributed by atoms with Gasteiger partial charge in [0.05, 0.1) is 0 Å². The molecule has 1 aliphatic rings. The molecule has 102 valence electrons. The zero-order valence-corrected chi connectivity index (χ0v) is 12.7. The van der Waals surface area contributed by atoms with Crippen molar-refractivity contribution in [1.82, 2.24) is 10.2 Å². The van der Waals surface area contributed by atoms with Gasteiger partial charge in [0, 0.05) is 25.2 Å². The highest BCUT2D eigenvalue weighted by Gasteiger charge is 2.25. The molecule has 2 atom stereocenters. The van der Waals surface area contributed by atoms with Crippen molar-refractivity contribution >= 4 is 11.8 Å². The molecular weight excluding hydrogens is 228 g/mol. The Bertz CT molecular complexity index is 187. The molecule has 1 heterocycles. The van der Waals surface area contributed by atoms with Gasteiger partial charge in [0.2, 0.25) is 0 Å². The van der Waals surface area contributed by atoms with Crippen LogP contribution in [0.2, 0.25) is 0 Å². The first kappa shape index (κ1) is 15.3. The highest BCUT2D eigenvalue weighted by molar-refractivity contribution is 7.99. The molecule has 3 heteroatoms. The second kappa shape index (κ2) is 9.23. The summed E-state index contributed by atoms with van der Waals surface area (Å²) >= 11 is 2.07. The number of hydrogen-bond donors (Lipinski definition) is 1. The van der Waals surface area contributed by atoms with Crippen molar-refractivity contribution in [3.63, 3.8) is 0 Å². The molecule has 0 saturated carbocycles. The van der Waals surface area contributed by atoms with Gasteiger partial charge >= 0.3 is 0 Å². The number of rotatable bonds is 8. The fraction of sp³-hybridized carbons (Fsp3) is 1.00. The van der Waals surface area contributed by atoms with Crippen molar-refractivity contribution in [1.29, 1.82) is 0 Å². The van der Waals surface area contributed by atoms with Crippen LogP contribution in [0.5, 0.6) is 0 Å². The van der Waals surface area contributed by atoms with Crippen molar-refractivity contribution < 1.29 is 0 Å². The lowest BCUT2D eigenvalue weighted by molar-refractivity contribution is 0.123. The maximum atomic E-state index is 3.71. The molecule has 0 aromatic heterocycles. The molecule has 0 aromatic rings. The maximum Gasteiger partial charge on any atom is 0.0218 e. The van der Waals surface area contributed by atoms with Gasteiger partial charge in [-0.05, 0) is 37.3 Å². The fourth-order valence-corrected chi connectivity index (χ4v) is 3.28. The van der Waals surface area contributed by atoms with Crippen LogP contribution in [0.15, 0.2) is 0 Å². The van der Waals surface area contributed by atoms with E-state index in [1.165, 1.54) is 56.8 Å². The standard InChI is InChI=1S/C14H30N2S/c1-4-8-13-12-16(9-7-10-17-6-3)14(5-2)11-15-13/h13-15H,4-12H2,1-3H3. The molecular formula is C14H30N2S. The van der Waals surface area contributed by atoms with E-state index < -0.39 is 0 Å². The van der Waals surface area contributed by atoms with E-state index in [-0.39, 0.29) is 0 Å². The Kier molecular flexibility index (Phi) is 8.33. The molecule has 1 rings (SSSR count). The van der Waals surface area contributed by atoms with Gasteiger partial charge < -0.3 is 5.32 Å². The summed E-state index contributed by atoms with van der Waals surface area (Å²) in [5.41, 5.74) is 0. The van der Waals surface area contributed by atoms with Crippen molar-refractivity contribution in [3.8, 4) is 0 Å². The van der Waals surface area contributed by atoms with Crippen LogP contribution in [0.4, 0.5) is 0 Å². The molecule has 0 spiro atoms. The molecule has 17 heavy (non-hydrogen) atoms. The van der Waals surface area contributed by atoms with Crippen LogP contribution in [0.25, 0.3) is 0 Å². The molecule has 1 aliphatic heterocycles. The predicted molar refractivity (Wildman–Crippen MR) is 80.0 cm³/mol. The Morgan fingerprint density at radius 3 is 2.76 bits per heavy atom. The fourth-order valence-electron chi connectivity index (χ4n) is 2.66. The van der Waals surface area contributed by atoms with Gasteiger partial charge in [-0.15, -0.1) is 0 Å². The molecule has 0 radical (unpaired) electrons. The minimum absolute atomic E-state index is 0.738. The normalized spacial score (nSPS) is 26.3.